The summed E-state index contributed by atoms with van der Waals surface area (Å²) in [6, 6.07) is 11.5. The van der Waals surface area contributed by atoms with Gasteiger partial charge in [-0.05, 0) is 62.3 Å². The maximum Gasteiger partial charge on any atom is 0.308 e. The molecule has 9 heteroatoms. The molecule has 8 nitrogen and oxygen atoms in total. The van der Waals surface area contributed by atoms with E-state index in [0.29, 0.717) is 25.1 Å². The van der Waals surface area contributed by atoms with Crippen molar-refractivity contribution in [2.24, 2.45) is 5.92 Å². The number of nitrogens with zero attached hydrogens (tertiary/aromatic N) is 2. The molecule has 2 heterocycles. The average molecular weight is 500 g/mol. The fourth-order valence-electron chi connectivity index (χ4n) is 4.88. The molecule has 1 amide bonds. The van der Waals surface area contributed by atoms with E-state index in [1.54, 1.807) is 18.4 Å². The molecule has 1 aromatic carbocycles. The molecule has 1 unspecified atom stereocenters. The minimum atomic E-state index is -0.843. The number of hydrogen-bond donors (Lipinski definition) is 2. The Morgan fingerprint density at radius 2 is 1.97 bits per heavy atom. The van der Waals surface area contributed by atoms with E-state index < -0.39 is 6.23 Å². The Hall–Kier alpha value is -3.04. The fourth-order valence-corrected chi connectivity index (χ4v) is 5.70. The van der Waals surface area contributed by atoms with E-state index in [-0.39, 0.29) is 30.4 Å². The SMILES string of the molecule is CCN(c1cccc(OC)c1)C(O)Cn1c(C(=O)N[C@H]2CC[C@H](C(=O)OC)CC2)cc2sccc21. The first-order valence-electron chi connectivity index (χ1n) is 12.0. The molecule has 188 valence electrons. The molecule has 2 aromatic heterocycles. The number of ether oxygens (including phenoxy) is 2. The van der Waals surface area contributed by atoms with Gasteiger partial charge in [-0.1, -0.05) is 6.07 Å². The summed E-state index contributed by atoms with van der Waals surface area (Å²) in [5, 5.41) is 16.4. The highest BCUT2D eigenvalue weighted by Gasteiger charge is 2.29. The van der Waals surface area contributed by atoms with Crippen molar-refractivity contribution >= 4 is 39.1 Å². The van der Waals surface area contributed by atoms with Crippen molar-refractivity contribution in [2.75, 3.05) is 25.7 Å². The van der Waals surface area contributed by atoms with E-state index in [2.05, 4.69) is 5.32 Å². The van der Waals surface area contributed by atoms with Crippen LogP contribution in [0, 0.1) is 5.92 Å². The van der Waals surface area contributed by atoms with Gasteiger partial charge < -0.3 is 29.4 Å². The molecule has 35 heavy (non-hydrogen) atoms. The van der Waals surface area contributed by atoms with Crippen LogP contribution in [0.4, 0.5) is 5.69 Å². The van der Waals surface area contributed by atoms with Crippen molar-refractivity contribution in [3.63, 3.8) is 0 Å². The molecule has 0 saturated heterocycles. The lowest BCUT2D eigenvalue weighted by Gasteiger charge is -2.30. The summed E-state index contributed by atoms with van der Waals surface area (Å²) in [5.41, 5.74) is 2.31. The number of carbonyl (C=O) groups excluding carboxylic acids is 2. The summed E-state index contributed by atoms with van der Waals surface area (Å²) < 4.78 is 13.1. The van der Waals surface area contributed by atoms with Crippen molar-refractivity contribution in [2.45, 2.75) is 51.4 Å². The highest BCUT2D eigenvalue weighted by atomic mass is 32.1. The summed E-state index contributed by atoms with van der Waals surface area (Å²) in [6.45, 7) is 2.81. The predicted octanol–water partition coefficient (Wildman–Crippen LogP) is 4.02. The number of carbonyl (C=O) groups is 2. The fraction of sp³-hybridized carbons (Fsp3) is 0.462. The molecule has 0 bridgehead atoms. The van der Waals surface area contributed by atoms with Gasteiger partial charge in [-0.15, -0.1) is 11.3 Å². The van der Waals surface area contributed by atoms with Gasteiger partial charge in [-0.2, -0.15) is 0 Å². The summed E-state index contributed by atoms with van der Waals surface area (Å²) in [6.07, 6.45) is 2.05. The van der Waals surface area contributed by atoms with Gasteiger partial charge in [-0.25, -0.2) is 0 Å². The van der Waals surface area contributed by atoms with Crippen LogP contribution in [0.3, 0.4) is 0 Å². The first-order valence-corrected chi connectivity index (χ1v) is 12.9. The average Bonchev–Trinajstić information content (AvgIpc) is 3.47. The number of aromatic nitrogens is 1. The van der Waals surface area contributed by atoms with Crippen LogP contribution in [0.5, 0.6) is 5.75 Å². The Morgan fingerprint density at radius 1 is 1.20 bits per heavy atom. The van der Waals surface area contributed by atoms with Crippen LogP contribution >= 0.6 is 11.3 Å². The van der Waals surface area contributed by atoms with Crippen LogP contribution in [-0.2, 0) is 16.1 Å². The second-order valence-corrected chi connectivity index (χ2v) is 9.77. The number of anilines is 1. The lowest BCUT2D eigenvalue weighted by Crippen LogP contribution is -2.41. The van der Waals surface area contributed by atoms with E-state index in [0.717, 1.165) is 34.5 Å². The van der Waals surface area contributed by atoms with Crippen LogP contribution in [0.15, 0.2) is 41.8 Å². The van der Waals surface area contributed by atoms with Gasteiger partial charge in [0.1, 0.15) is 17.7 Å². The van der Waals surface area contributed by atoms with Crippen LogP contribution in [0.1, 0.15) is 43.1 Å². The van der Waals surface area contributed by atoms with E-state index in [1.807, 2.05) is 58.2 Å². The third-order valence-corrected chi connectivity index (χ3v) is 7.64. The van der Waals surface area contributed by atoms with Crippen molar-refractivity contribution in [1.82, 2.24) is 9.88 Å². The second-order valence-electron chi connectivity index (χ2n) is 8.82. The van der Waals surface area contributed by atoms with Gasteiger partial charge in [-0.3, -0.25) is 9.59 Å². The zero-order valence-corrected chi connectivity index (χ0v) is 21.2. The number of hydrogen-bond acceptors (Lipinski definition) is 7. The number of amides is 1. The Balaban J connectivity index is 1.50. The summed E-state index contributed by atoms with van der Waals surface area (Å²) in [7, 11) is 3.03. The Morgan fingerprint density at radius 3 is 2.66 bits per heavy atom. The number of rotatable bonds is 9. The number of fused-ring (bicyclic) bond motifs is 1. The molecule has 3 aromatic rings. The molecule has 4 rings (SSSR count). The minimum Gasteiger partial charge on any atom is -0.497 e. The Bertz CT molecular complexity index is 1160. The molecule has 1 aliphatic carbocycles. The quantitative estimate of drug-likeness (QED) is 0.341. The van der Waals surface area contributed by atoms with Gasteiger partial charge in [0, 0.05) is 24.3 Å². The van der Waals surface area contributed by atoms with Gasteiger partial charge in [0.25, 0.3) is 5.91 Å². The number of nitrogens with one attached hydrogen (secondary N) is 1. The third kappa shape index (κ3) is 5.46. The maximum atomic E-state index is 13.3. The van der Waals surface area contributed by atoms with Crippen LogP contribution in [-0.4, -0.2) is 54.6 Å². The molecule has 2 N–H and O–H groups in total. The molecule has 1 atom stereocenters. The third-order valence-electron chi connectivity index (χ3n) is 6.78. The second kappa shape index (κ2) is 11.1. The summed E-state index contributed by atoms with van der Waals surface area (Å²) >= 11 is 1.57. The van der Waals surface area contributed by atoms with E-state index >= 15 is 0 Å². The van der Waals surface area contributed by atoms with Crippen molar-refractivity contribution in [1.29, 1.82) is 0 Å². The number of aliphatic hydroxyl groups is 1. The highest BCUT2D eigenvalue weighted by Crippen LogP contribution is 2.29. The topological polar surface area (TPSA) is 93.0 Å². The van der Waals surface area contributed by atoms with Crippen molar-refractivity contribution < 1.29 is 24.2 Å². The lowest BCUT2D eigenvalue weighted by atomic mass is 9.86. The van der Waals surface area contributed by atoms with Crippen LogP contribution < -0.4 is 15.0 Å². The monoisotopic (exact) mass is 499 g/mol. The molecule has 1 aliphatic rings. The van der Waals surface area contributed by atoms with Gasteiger partial charge in [0.15, 0.2) is 0 Å². The number of likely N-dealkylation sites (N-methyl/N-ethyl adjacent to an activating group) is 1. The number of benzene rings is 1. The van der Waals surface area contributed by atoms with E-state index in [9.17, 15) is 14.7 Å². The molecule has 0 radical (unpaired) electrons. The van der Waals surface area contributed by atoms with Crippen molar-refractivity contribution in [3.05, 3.63) is 47.5 Å². The lowest BCUT2D eigenvalue weighted by molar-refractivity contribution is -0.146. The van der Waals surface area contributed by atoms with Crippen LogP contribution in [0.25, 0.3) is 10.2 Å². The standard InChI is InChI=1S/C26H33N3O5S/c1-4-28(19-6-5-7-20(14-19)33-2)24(30)16-29-21-12-13-35-23(21)15-22(29)25(31)27-18-10-8-17(9-11-18)26(32)34-3/h5-7,12-15,17-18,24,30H,4,8-11,16H2,1-3H3,(H,27,31)/t17-,18-,24?. The first kappa shape index (κ1) is 25.1. The van der Waals surface area contributed by atoms with Gasteiger partial charge in [0.05, 0.1) is 36.9 Å². The zero-order chi connectivity index (χ0) is 24.9. The zero-order valence-electron chi connectivity index (χ0n) is 20.4. The molecule has 0 aliphatic heterocycles. The molecule has 0 spiro atoms. The normalized spacial score (nSPS) is 18.7. The predicted molar refractivity (Wildman–Crippen MR) is 137 cm³/mol. The molecular weight excluding hydrogens is 466 g/mol. The molecule has 1 fully saturated rings. The number of thiophene rings is 1. The largest absolute Gasteiger partial charge is 0.497 e. The summed E-state index contributed by atoms with van der Waals surface area (Å²) in [4.78, 5) is 27.0. The Kier molecular flexibility index (Phi) is 7.97. The van der Waals surface area contributed by atoms with Gasteiger partial charge in [0.2, 0.25) is 0 Å². The smallest absolute Gasteiger partial charge is 0.308 e. The molecular formula is C26H33N3O5S. The summed E-state index contributed by atoms with van der Waals surface area (Å²) in [5.74, 6) is 0.298. The number of methoxy groups -OCH3 is 2. The van der Waals surface area contributed by atoms with Gasteiger partial charge >= 0.3 is 5.97 Å². The van der Waals surface area contributed by atoms with E-state index in [4.69, 9.17) is 9.47 Å². The highest BCUT2D eigenvalue weighted by molar-refractivity contribution is 7.17. The first-order chi connectivity index (χ1) is 16.9. The van der Waals surface area contributed by atoms with Crippen LogP contribution in [0.2, 0.25) is 0 Å². The molecule has 1 saturated carbocycles. The maximum absolute atomic E-state index is 13.3. The number of esters is 1. The van der Waals surface area contributed by atoms with Crippen molar-refractivity contribution in [3.8, 4) is 5.75 Å². The minimum absolute atomic E-state index is 0.0126. The Labute approximate surface area is 209 Å². The number of aliphatic hydroxyl groups excluding tert-OH is 1. The van der Waals surface area contributed by atoms with E-state index in [1.165, 1.54) is 7.11 Å².